The second kappa shape index (κ2) is 9.04. The third-order valence-corrected chi connectivity index (χ3v) is 4.31. The van der Waals surface area contributed by atoms with E-state index in [0.29, 0.717) is 6.04 Å². The summed E-state index contributed by atoms with van der Waals surface area (Å²) in [6.07, 6.45) is 2.45. The summed E-state index contributed by atoms with van der Waals surface area (Å²) in [6.45, 7) is 10.5. The summed E-state index contributed by atoms with van der Waals surface area (Å²) in [5.41, 5.74) is 0. The van der Waals surface area contributed by atoms with E-state index >= 15 is 0 Å². The summed E-state index contributed by atoms with van der Waals surface area (Å²) in [4.78, 5) is 11.8. The van der Waals surface area contributed by atoms with Crippen LogP contribution in [0.2, 0.25) is 0 Å². The van der Waals surface area contributed by atoms with E-state index in [1.165, 1.54) is 45.6 Å². The first-order chi connectivity index (χ1) is 9.24. The monoisotopic (exact) mass is 395 g/mol. The molecule has 0 aromatic rings. The molecule has 118 valence electrons. The minimum Gasteiger partial charge on any atom is -0.355 e. The van der Waals surface area contributed by atoms with Crippen molar-refractivity contribution in [2.45, 2.75) is 25.8 Å². The molecule has 3 heterocycles. The Morgan fingerprint density at radius 2 is 2.00 bits per heavy atom. The Hall–Kier alpha value is -0.0800. The molecular formula is C14H30IN5. The molecular weight excluding hydrogens is 365 g/mol. The second-order valence-corrected chi connectivity index (χ2v) is 5.69. The van der Waals surface area contributed by atoms with Gasteiger partial charge in [-0.3, -0.25) is 14.8 Å². The van der Waals surface area contributed by atoms with E-state index < -0.39 is 0 Å². The molecule has 3 saturated heterocycles. The maximum Gasteiger partial charge on any atom is 0.193 e. The normalized spacial score (nSPS) is 28.9. The van der Waals surface area contributed by atoms with Crippen LogP contribution in [-0.2, 0) is 0 Å². The molecule has 3 fully saturated rings. The summed E-state index contributed by atoms with van der Waals surface area (Å²) in [5.74, 6) is 1.03. The third kappa shape index (κ3) is 4.73. The summed E-state index contributed by atoms with van der Waals surface area (Å²) in [5, 5.41) is 3.54. The molecule has 5 nitrogen and oxygen atoms in total. The molecule has 0 amide bonds. The van der Waals surface area contributed by atoms with Crippen molar-refractivity contribution < 1.29 is 0 Å². The Balaban J connectivity index is 0.00000200. The number of fused-ring (bicyclic) bond motifs is 3. The lowest BCUT2D eigenvalue weighted by Gasteiger charge is -2.47. The third-order valence-electron chi connectivity index (χ3n) is 4.31. The highest BCUT2D eigenvalue weighted by Crippen LogP contribution is 2.14. The van der Waals surface area contributed by atoms with Gasteiger partial charge in [0, 0.05) is 66.0 Å². The van der Waals surface area contributed by atoms with Gasteiger partial charge in [0.15, 0.2) is 5.96 Å². The van der Waals surface area contributed by atoms with Crippen LogP contribution in [-0.4, -0.2) is 86.6 Å². The number of nitrogens with one attached hydrogen (secondary N) is 1. The average Bonchev–Trinajstić information content (AvgIpc) is 2.47. The largest absolute Gasteiger partial charge is 0.355 e. The number of rotatable bonds is 5. The van der Waals surface area contributed by atoms with Crippen LogP contribution in [0.1, 0.15) is 19.8 Å². The molecule has 1 unspecified atom stereocenters. The zero-order valence-electron chi connectivity index (χ0n) is 13.1. The average molecular weight is 395 g/mol. The first-order valence-electron chi connectivity index (χ1n) is 7.62. The molecule has 1 N–H and O–H groups in total. The van der Waals surface area contributed by atoms with Crippen molar-refractivity contribution >= 4 is 29.9 Å². The molecule has 2 bridgehead atoms. The Morgan fingerprint density at radius 1 is 1.30 bits per heavy atom. The number of unbranched alkanes of at least 4 members (excludes halogenated alkanes) is 1. The first-order valence-corrected chi connectivity index (χ1v) is 7.62. The van der Waals surface area contributed by atoms with Crippen molar-refractivity contribution in [3.05, 3.63) is 0 Å². The fraction of sp³-hybridized carbons (Fsp3) is 0.929. The van der Waals surface area contributed by atoms with E-state index in [2.05, 4.69) is 39.0 Å². The van der Waals surface area contributed by atoms with Crippen molar-refractivity contribution in [3.63, 3.8) is 0 Å². The molecule has 3 aliphatic rings. The van der Waals surface area contributed by atoms with Gasteiger partial charge in [0.05, 0.1) is 0 Å². The summed E-state index contributed by atoms with van der Waals surface area (Å²) in [7, 11) is 4.00. The van der Waals surface area contributed by atoms with E-state index in [1.807, 2.05) is 7.05 Å². The lowest BCUT2D eigenvalue weighted by molar-refractivity contribution is 0.0152. The van der Waals surface area contributed by atoms with Crippen molar-refractivity contribution in [3.8, 4) is 0 Å². The Labute approximate surface area is 140 Å². The number of piperazine rings is 3. The fourth-order valence-corrected chi connectivity index (χ4v) is 3.01. The highest BCUT2D eigenvalue weighted by atomic mass is 127. The van der Waals surface area contributed by atoms with Gasteiger partial charge >= 0.3 is 0 Å². The predicted octanol–water partition coefficient (Wildman–Crippen LogP) is 0.912. The van der Waals surface area contributed by atoms with E-state index in [4.69, 9.17) is 0 Å². The minimum absolute atomic E-state index is 0. The van der Waals surface area contributed by atoms with Crippen LogP contribution >= 0.6 is 24.0 Å². The Morgan fingerprint density at radius 3 is 2.50 bits per heavy atom. The zero-order valence-corrected chi connectivity index (χ0v) is 15.5. The topological polar surface area (TPSA) is 34.1 Å². The van der Waals surface area contributed by atoms with Crippen LogP contribution in [0.5, 0.6) is 0 Å². The van der Waals surface area contributed by atoms with Crippen LogP contribution in [0, 0.1) is 0 Å². The van der Waals surface area contributed by atoms with E-state index in [1.54, 1.807) is 0 Å². The van der Waals surface area contributed by atoms with Gasteiger partial charge in [0.1, 0.15) is 0 Å². The molecule has 0 radical (unpaired) electrons. The quantitative estimate of drug-likeness (QED) is 0.427. The van der Waals surface area contributed by atoms with Crippen molar-refractivity contribution in [2.75, 3.05) is 59.9 Å². The summed E-state index contributed by atoms with van der Waals surface area (Å²) in [6, 6.07) is 0.652. The number of guanidine groups is 1. The predicted molar refractivity (Wildman–Crippen MR) is 96.1 cm³/mol. The molecule has 1 atom stereocenters. The number of halogens is 1. The van der Waals surface area contributed by atoms with Crippen LogP contribution < -0.4 is 5.32 Å². The lowest BCUT2D eigenvalue weighted by atomic mass is 10.1. The number of aliphatic imine (C=N–C) groups is 1. The van der Waals surface area contributed by atoms with E-state index in [9.17, 15) is 0 Å². The summed E-state index contributed by atoms with van der Waals surface area (Å²) < 4.78 is 0. The maximum absolute atomic E-state index is 4.39. The number of nitrogens with zero attached hydrogens (tertiary/aromatic N) is 4. The minimum atomic E-state index is 0. The molecule has 3 aliphatic heterocycles. The first kappa shape index (κ1) is 18.0. The molecule has 0 spiro atoms. The molecule has 0 aromatic carbocycles. The van der Waals surface area contributed by atoms with E-state index in [-0.39, 0.29) is 24.0 Å². The second-order valence-electron chi connectivity index (χ2n) is 5.69. The van der Waals surface area contributed by atoms with Gasteiger partial charge in [0.25, 0.3) is 0 Å². The van der Waals surface area contributed by atoms with E-state index in [0.717, 1.165) is 19.0 Å². The van der Waals surface area contributed by atoms with Crippen molar-refractivity contribution in [1.82, 2.24) is 20.0 Å². The smallest absolute Gasteiger partial charge is 0.193 e. The van der Waals surface area contributed by atoms with Crippen LogP contribution in [0.3, 0.4) is 0 Å². The Bertz CT molecular complexity index is 302. The van der Waals surface area contributed by atoms with Gasteiger partial charge in [-0.05, 0) is 6.42 Å². The van der Waals surface area contributed by atoms with Gasteiger partial charge in [-0.25, -0.2) is 0 Å². The number of hydrogen-bond donors (Lipinski definition) is 1. The van der Waals surface area contributed by atoms with Crippen molar-refractivity contribution in [2.24, 2.45) is 4.99 Å². The highest BCUT2D eigenvalue weighted by molar-refractivity contribution is 14.0. The molecule has 20 heavy (non-hydrogen) atoms. The molecule has 0 aromatic heterocycles. The fourth-order valence-electron chi connectivity index (χ4n) is 3.01. The standard InChI is InChI=1S/C14H29N5.HI/c1-4-5-6-17(3)14(15-2)16-11-13-12-18-7-9-19(13)10-8-18;/h13H,4-12H2,1-3H3,(H,15,16);1H. The summed E-state index contributed by atoms with van der Waals surface area (Å²) >= 11 is 0. The van der Waals surface area contributed by atoms with Crippen LogP contribution in [0.15, 0.2) is 4.99 Å². The van der Waals surface area contributed by atoms with Gasteiger partial charge in [-0.15, -0.1) is 24.0 Å². The highest BCUT2D eigenvalue weighted by Gasteiger charge is 2.31. The molecule has 0 saturated carbocycles. The number of hydrogen-bond acceptors (Lipinski definition) is 3. The van der Waals surface area contributed by atoms with Crippen LogP contribution in [0.25, 0.3) is 0 Å². The SMILES string of the molecule is CCCCN(C)C(=NC)NCC1CN2CCN1CC2.I. The van der Waals surface area contributed by atoms with Crippen LogP contribution in [0.4, 0.5) is 0 Å². The van der Waals surface area contributed by atoms with Gasteiger partial charge in [-0.1, -0.05) is 13.3 Å². The molecule has 6 heteroatoms. The van der Waals surface area contributed by atoms with Gasteiger partial charge < -0.3 is 10.2 Å². The van der Waals surface area contributed by atoms with Gasteiger partial charge in [0.2, 0.25) is 0 Å². The molecule has 0 aliphatic carbocycles. The zero-order chi connectivity index (χ0) is 13.7. The Kier molecular flexibility index (Phi) is 8.13. The van der Waals surface area contributed by atoms with Crippen molar-refractivity contribution in [1.29, 1.82) is 0 Å². The molecule has 3 rings (SSSR count). The lowest BCUT2D eigenvalue weighted by Crippen LogP contribution is -2.63. The van der Waals surface area contributed by atoms with Gasteiger partial charge in [-0.2, -0.15) is 0 Å². The maximum atomic E-state index is 4.39.